The van der Waals surface area contributed by atoms with Crippen LogP contribution in [0.5, 0.6) is 0 Å². The number of nitrogens with zero attached hydrogens (tertiary/aromatic N) is 4. The Hall–Kier alpha value is -3.17. The van der Waals surface area contributed by atoms with Gasteiger partial charge in [-0.1, -0.05) is 12.1 Å². The lowest BCUT2D eigenvalue weighted by molar-refractivity contribution is 0.0924. The van der Waals surface area contributed by atoms with Crippen LogP contribution in [0.15, 0.2) is 49.2 Å². The van der Waals surface area contributed by atoms with E-state index in [-0.39, 0.29) is 18.3 Å². The van der Waals surface area contributed by atoms with Gasteiger partial charge < -0.3 is 30.6 Å². The molecule has 2 aliphatic rings. The van der Waals surface area contributed by atoms with Crippen molar-refractivity contribution in [1.82, 2.24) is 15.3 Å². The minimum Gasteiger partial charge on any atom is -0.394 e. The highest BCUT2D eigenvalue weighted by molar-refractivity contribution is 5.94. The molecule has 152 valence electrons. The predicted molar refractivity (Wildman–Crippen MR) is 110 cm³/mol. The maximum absolute atomic E-state index is 12.6. The Morgan fingerprint density at radius 1 is 1.38 bits per heavy atom. The van der Waals surface area contributed by atoms with Gasteiger partial charge in [-0.15, -0.1) is 6.58 Å². The van der Waals surface area contributed by atoms with Crippen molar-refractivity contribution < 1.29 is 15.0 Å². The quantitative estimate of drug-likeness (QED) is 0.396. The Morgan fingerprint density at radius 3 is 2.97 bits per heavy atom. The van der Waals surface area contributed by atoms with Crippen molar-refractivity contribution in [2.45, 2.75) is 24.9 Å². The summed E-state index contributed by atoms with van der Waals surface area (Å²) in [6, 6.07) is 8.43. The molecular formula is C20H24N6O3. The fourth-order valence-electron chi connectivity index (χ4n) is 3.75. The Balaban J connectivity index is 1.63. The smallest absolute Gasteiger partial charge is 0.270 e. The minimum absolute atomic E-state index is 0.0675. The first kappa shape index (κ1) is 19.2. The lowest BCUT2D eigenvalue weighted by atomic mass is 10.1. The van der Waals surface area contributed by atoms with Crippen LogP contribution in [0, 0.1) is 0 Å². The number of carbonyl (C=O) groups excluding carboxylic acids is 1. The second-order valence-electron chi connectivity index (χ2n) is 7.07. The van der Waals surface area contributed by atoms with Crippen molar-refractivity contribution in [2.24, 2.45) is 0 Å². The molecule has 0 spiro atoms. The van der Waals surface area contributed by atoms with Crippen LogP contribution >= 0.6 is 0 Å². The van der Waals surface area contributed by atoms with E-state index in [0.717, 1.165) is 25.2 Å². The second kappa shape index (κ2) is 8.06. The molecule has 0 saturated carbocycles. The summed E-state index contributed by atoms with van der Waals surface area (Å²) in [5, 5.41) is 25.9. The number of carbonyl (C=O) groups is 1. The van der Waals surface area contributed by atoms with Crippen molar-refractivity contribution in [2.75, 3.05) is 34.8 Å². The topological polar surface area (TPSA) is 114 Å². The summed E-state index contributed by atoms with van der Waals surface area (Å²) in [7, 11) is 0. The first-order valence-electron chi connectivity index (χ1n) is 9.55. The minimum atomic E-state index is -1.04. The van der Waals surface area contributed by atoms with E-state index in [2.05, 4.69) is 32.1 Å². The number of aliphatic hydroxyl groups excluding tert-OH is 2. The van der Waals surface area contributed by atoms with Crippen LogP contribution in [0.3, 0.4) is 0 Å². The van der Waals surface area contributed by atoms with E-state index >= 15 is 0 Å². The van der Waals surface area contributed by atoms with Gasteiger partial charge in [-0.25, -0.2) is 9.97 Å². The number of hydrogen-bond donors (Lipinski definition) is 4. The normalized spacial score (nSPS) is 19.3. The highest BCUT2D eigenvalue weighted by Crippen LogP contribution is 2.39. The molecule has 2 aromatic heterocycles. The molecule has 29 heavy (non-hydrogen) atoms. The third-order valence-corrected chi connectivity index (χ3v) is 5.23. The molecule has 4 rings (SSSR count). The number of amides is 1. The van der Waals surface area contributed by atoms with Crippen LogP contribution in [0.25, 0.3) is 0 Å². The Morgan fingerprint density at radius 2 is 2.24 bits per heavy atom. The second-order valence-corrected chi connectivity index (χ2v) is 7.07. The van der Waals surface area contributed by atoms with Gasteiger partial charge in [0.15, 0.2) is 5.82 Å². The van der Waals surface area contributed by atoms with Gasteiger partial charge in [-0.3, -0.25) is 4.79 Å². The van der Waals surface area contributed by atoms with Crippen molar-refractivity contribution in [3.63, 3.8) is 0 Å². The molecule has 2 bridgehead atoms. The van der Waals surface area contributed by atoms with E-state index < -0.39 is 18.3 Å². The monoisotopic (exact) mass is 396 g/mol. The molecule has 1 saturated heterocycles. The molecule has 1 fully saturated rings. The van der Waals surface area contributed by atoms with Gasteiger partial charge in [0, 0.05) is 19.3 Å². The summed E-state index contributed by atoms with van der Waals surface area (Å²) in [4.78, 5) is 25.3. The molecule has 0 aromatic carbocycles. The van der Waals surface area contributed by atoms with Gasteiger partial charge in [-0.05, 0) is 30.7 Å². The van der Waals surface area contributed by atoms with E-state index in [1.165, 1.54) is 6.08 Å². The van der Waals surface area contributed by atoms with Crippen molar-refractivity contribution in [3.8, 4) is 0 Å². The molecule has 0 radical (unpaired) electrons. The van der Waals surface area contributed by atoms with Gasteiger partial charge in [0.1, 0.15) is 11.5 Å². The van der Waals surface area contributed by atoms with Gasteiger partial charge in [-0.2, -0.15) is 0 Å². The van der Waals surface area contributed by atoms with E-state index in [1.807, 2.05) is 12.1 Å². The van der Waals surface area contributed by atoms with Crippen LogP contribution in [0.1, 0.15) is 16.9 Å². The molecule has 4 heterocycles. The van der Waals surface area contributed by atoms with Crippen LogP contribution in [-0.2, 0) is 0 Å². The number of nitrogens with one attached hydrogen (secondary N) is 2. The molecule has 3 atom stereocenters. The van der Waals surface area contributed by atoms with Crippen LogP contribution in [-0.4, -0.2) is 64.2 Å². The zero-order valence-electron chi connectivity index (χ0n) is 15.9. The van der Waals surface area contributed by atoms with Gasteiger partial charge in [0.25, 0.3) is 5.91 Å². The van der Waals surface area contributed by atoms with Crippen LogP contribution in [0.4, 0.5) is 17.3 Å². The van der Waals surface area contributed by atoms with Crippen LogP contribution in [0.2, 0.25) is 0 Å². The fourth-order valence-corrected chi connectivity index (χ4v) is 3.75. The van der Waals surface area contributed by atoms with Gasteiger partial charge >= 0.3 is 0 Å². The Labute approximate surface area is 168 Å². The molecule has 0 aliphatic carbocycles. The maximum Gasteiger partial charge on any atom is 0.270 e. The molecule has 9 nitrogen and oxygen atoms in total. The zero-order chi connectivity index (χ0) is 20.4. The van der Waals surface area contributed by atoms with E-state index in [1.54, 1.807) is 29.3 Å². The lowest BCUT2D eigenvalue weighted by Crippen LogP contribution is -2.52. The highest BCUT2D eigenvalue weighted by Gasteiger charge is 2.40. The summed E-state index contributed by atoms with van der Waals surface area (Å²) >= 11 is 0. The van der Waals surface area contributed by atoms with Gasteiger partial charge in [0.05, 0.1) is 24.4 Å². The molecule has 9 heteroatoms. The zero-order valence-corrected chi connectivity index (χ0v) is 15.9. The van der Waals surface area contributed by atoms with E-state index in [0.29, 0.717) is 11.6 Å². The van der Waals surface area contributed by atoms with E-state index in [9.17, 15) is 15.0 Å². The number of pyridine rings is 2. The average molecular weight is 396 g/mol. The number of hydrogen-bond acceptors (Lipinski definition) is 8. The molecular weight excluding hydrogens is 372 g/mol. The predicted octanol–water partition coefficient (Wildman–Crippen LogP) is 0.540. The number of aromatic nitrogens is 2. The van der Waals surface area contributed by atoms with Crippen LogP contribution < -0.4 is 20.4 Å². The van der Waals surface area contributed by atoms with Crippen molar-refractivity contribution in [1.29, 1.82) is 0 Å². The number of anilines is 3. The first-order chi connectivity index (χ1) is 14.1. The number of aliphatic hydroxyl groups is 2. The fraction of sp³-hybridized carbons (Fsp3) is 0.350. The molecule has 1 unspecified atom stereocenters. The summed E-state index contributed by atoms with van der Waals surface area (Å²) in [5.41, 5.74) is 1.08. The van der Waals surface area contributed by atoms with Gasteiger partial charge in [0.2, 0.25) is 6.35 Å². The Bertz CT molecular complexity index is 893. The third kappa shape index (κ3) is 3.74. The largest absolute Gasteiger partial charge is 0.394 e. The standard InChI is InChI=1S/C20H24N6O3/c1-2-13(12-27)22-19(28)15-6-7-16-18(23-15)26(14-8-10-25(16)11-14)20(29)24-17-5-3-4-9-21-17/h2-7,9,13-14,20,27,29H,1,8,10-12H2,(H,21,24)(H,22,28)/t13-,14-,20?/m0/s1. The SMILES string of the molecule is C=C[C@@H](CO)NC(=O)c1ccc2c(n1)N(C(O)Nc1ccccn1)[C@H]1CCN2C1. The molecule has 4 N–H and O–H groups in total. The highest BCUT2D eigenvalue weighted by atomic mass is 16.3. The number of rotatable bonds is 7. The average Bonchev–Trinajstić information content (AvgIpc) is 3.16. The Kier molecular flexibility index (Phi) is 5.32. The summed E-state index contributed by atoms with van der Waals surface area (Å²) in [5.74, 6) is 0.681. The lowest BCUT2D eigenvalue weighted by Gasteiger charge is -2.40. The maximum atomic E-state index is 12.6. The molecule has 2 aromatic rings. The summed E-state index contributed by atoms with van der Waals surface area (Å²) in [6.45, 7) is 5.00. The third-order valence-electron chi connectivity index (χ3n) is 5.23. The molecule has 1 amide bonds. The summed E-state index contributed by atoms with van der Waals surface area (Å²) in [6.07, 6.45) is 2.95. The van der Waals surface area contributed by atoms with Crippen molar-refractivity contribution >= 4 is 23.2 Å². The summed E-state index contributed by atoms with van der Waals surface area (Å²) < 4.78 is 0. The number of fused-ring (bicyclic) bond motifs is 4. The molecule has 2 aliphatic heterocycles. The first-order valence-corrected chi connectivity index (χ1v) is 9.55. The van der Waals surface area contributed by atoms with E-state index in [4.69, 9.17) is 0 Å². The van der Waals surface area contributed by atoms with Crippen molar-refractivity contribution in [3.05, 3.63) is 54.9 Å².